The highest BCUT2D eigenvalue weighted by Gasteiger charge is 2.30. The molecule has 23 heavy (non-hydrogen) atoms. The lowest BCUT2D eigenvalue weighted by molar-refractivity contribution is 0.191. The summed E-state index contributed by atoms with van der Waals surface area (Å²) in [4.78, 5) is 0. The Labute approximate surface area is 135 Å². The van der Waals surface area contributed by atoms with E-state index in [1.807, 2.05) is 48.5 Å². The van der Waals surface area contributed by atoms with Crippen LogP contribution in [0.4, 0.5) is 11.4 Å². The molecule has 0 unspecified atom stereocenters. The van der Waals surface area contributed by atoms with Crippen molar-refractivity contribution in [3.8, 4) is 0 Å². The summed E-state index contributed by atoms with van der Waals surface area (Å²) in [5, 5.41) is 2.74. The molecule has 0 aromatic heterocycles. The number of hydrogen-bond donors (Lipinski definition) is 0. The second-order valence-corrected chi connectivity index (χ2v) is 6.63. The van der Waals surface area contributed by atoms with Gasteiger partial charge in [0, 0.05) is 0 Å². The van der Waals surface area contributed by atoms with Crippen molar-refractivity contribution in [2.45, 2.75) is 12.8 Å². The first-order valence-corrected chi connectivity index (χ1v) is 8.81. The predicted octanol–water partition coefficient (Wildman–Crippen LogP) is 2.22. The summed E-state index contributed by atoms with van der Waals surface area (Å²) >= 11 is 0. The van der Waals surface area contributed by atoms with Gasteiger partial charge in [-0.05, 0) is 36.1 Å². The second kappa shape index (κ2) is 5.52. The highest BCUT2D eigenvalue weighted by molar-refractivity contribution is 7.81. The maximum atomic E-state index is 12.2. The molecule has 120 valence electrons. The van der Waals surface area contributed by atoms with E-state index in [9.17, 15) is 8.42 Å². The lowest BCUT2D eigenvalue weighted by atomic mass is 10.2. The van der Waals surface area contributed by atoms with Crippen LogP contribution in [0.15, 0.2) is 48.5 Å². The van der Waals surface area contributed by atoms with Gasteiger partial charge in [-0.3, -0.25) is 0 Å². The molecule has 0 aliphatic carbocycles. The van der Waals surface area contributed by atoms with Gasteiger partial charge in [-0.1, -0.05) is 36.4 Å². The van der Waals surface area contributed by atoms with Gasteiger partial charge in [-0.15, -0.1) is 8.57 Å². The number of anilines is 2. The second-order valence-electron chi connectivity index (χ2n) is 5.52. The Kier molecular flexibility index (Phi) is 3.48. The van der Waals surface area contributed by atoms with E-state index >= 15 is 0 Å². The smallest absolute Gasteiger partial charge is 0.234 e. The molecule has 0 radical (unpaired) electrons. The first kappa shape index (κ1) is 14.5. The minimum Gasteiger partial charge on any atom is -0.234 e. The molecule has 0 amide bonds. The average Bonchev–Trinajstić information content (AvgIpc) is 3.12. The number of para-hydroxylation sites is 2. The molecule has 0 saturated heterocycles. The lowest BCUT2D eigenvalue weighted by Gasteiger charge is -2.21. The summed E-state index contributed by atoms with van der Waals surface area (Å²) in [6.07, 6.45) is 1.50. The summed E-state index contributed by atoms with van der Waals surface area (Å²) < 4.78 is 34.8. The highest BCUT2D eigenvalue weighted by Crippen LogP contribution is 2.31. The number of hydrogen-bond acceptors (Lipinski definition) is 6. The molecule has 0 N–H and O–H groups in total. The SMILES string of the molecule is O=S(=O)(ON1CCc2ccccc21)ON1CCc2ccccc21. The van der Waals surface area contributed by atoms with Crippen molar-refractivity contribution >= 4 is 21.8 Å². The molecular weight excluding hydrogens is 316 g/mol. The predicted molar refractivity (Wildman–Crippen MR) is 86.1 cm³/mol. The fraction of sp³-hybridized carbons (Fsp3) is 0.250. The average molecular weight is 332 g/mol. The van der Waals surface area contributed by atoms with Gasteiger partial charge in [0.15, 0.2) is 0 Å². The summed E-state index contributed by atoms with van der Waals surface area (Å²) in [7, 11) is -4.18. The van der Waals surface area contributed by atoms with E-state index in [1.54, 1.807) is 0 Å². The Hall–Kier alpha value is -2.09. The Morgan fingerprint density at radius 3 is 1.65 bits per heavy atom. The van der Waals surface area contributed by atoms with Crippen molar-refractivity contribution in [3.05, 3.63) is 59.7 Å². The molecule has 4 rings (SSSR count). The molecule has 2 aliphatic heterocycles. The van der Waals surface area contributed by atoms with Crippen molar-refractivity contribution < 1.29 is 17.0 Å². The van der Waals surface area contributed by atoms with Crippen LogP contribution in [-0.4, -0.2) is 21.5 Å². The van der Waals surface area contributed by atoms with Crippen molar-refractivity contribution in [2.75, 3.05) is 23.2 Å². The van der Waals surface area contributed by atoms with Crippen LogP contribution in [0.1, 0.15) is 11.1 Å². The zero-order valence-corrected chi connectivity index (χ0v) is 13.2. The normalized spacial score (nSPS) is 16.5. The summed E-state index contributed by atoms with van der Waals surface area (Å²) in [5.41, 5.74) is 3.66. The molecule has 0 atom stereocenters. The minimum atomic E-state index is -4.18. The van der Waals surface area contributed by atoms with E-state index < -0.39 is 10.4 Å². The Balaban J connectivity index is 1.50. The van der Waals surface area contributed by atoms with Gasteiger partial charge in [0.2, 0.25) is 0 Å². The lowest BCUT2D eigenvalue weighted by Crippen LogP contribution is -2.32. The van der Waals surface area contributed by atoms with Crippen molar-refractivity contribution in [3.63, 3.8) is 0 Å². The van der Waals surface area contributed by atoms with Crippen LogP contribution >= 0.6 is 0 Å². The summed E-state index contributed by atoms with van der Waals surface area (Å²) in [6, 6.07) is 15.1. The largest absolute Gasteiger partial charge is 0.442 e. The standard InChI is InChI=1S/C16H16N2O4S/c19-23(20,21-17-11-9-13-5-1-3-7-15(13)17)22-18-12-10-14-6-2-4-8-16(14)18/h1-8H,9-12H2. The third-order valence-corrected chi connectivity index (χ3v) is 4.78. The Morgan fingerprint density at radius 2 is 1.17 bits per heavy atom. The maximum absolute atomic E-state index is 12.2. The van der Waals surface area contributed by atoms with Crippen LogP contribution in [0.2, 0.25) is 0 Å². The Bertz CT molecular complexity index is 774. The van der Waals surface area contributed by atoms with E-state index in [4.69, 9.17) is 8.57 Å². The quantitative estimate of drug-likeness (QED) is 0.856. The number of hydroxylamine groups is 2. The molecule has 0 fully saturated rings. The monoisotopic (exact) mass is 332 g/mol. The molecule has 7 heteroatoms. The molecule has 0 saturated carbocycles. The summed E-state index contributed by atoms with van der Waals surface area (Å²) in [6.45, 7) is 0.969. The fourth-order valence-electron chi connectivity index (χ4n) is 3.00. The molecular formula is C16H16N2O4S. The molecule has 2 heterocycles. The molecule has 0 bridgehead atoms. The number of fused-ring (bicyclic) bond motifs is 2. The van der Waals surface area contributed by atoms with Crippen LogP contribution in [0, 0.1) is 0 Å². The van der Waals surface area contributed by atoms with E-state index in [0.29, 0.717) is 13.1 Å². The third kappa shape index (κ3) is 2.78. The van der Waals surface area contributed by atoms with E-state index in [2.05, 4.69) is 0 Å². The first-order valence-electron chi connectivity index (χ1n) is 7.47. The minimum absolute atomic E-state index is 0.485. The van der Waals surface area contributed by atoms with E-state index in [-0.39, 0.29) is 0 Å². The van der Waals surface area contributed by atoms with E-state index in [1.165, 1.54) is 10.1 Å². The van der Waals surface area contributed by atoms with Gasteiger partial charge >= 0.3 is 10.4 Å². The zero-order chi connectivity index (χ0) is 15.9. The van der Waals surface area contributed by atoms with Gasteiger partial charge in [-0.25, -0.2) is 10.1 Å². The van der Waals surface area contributed by atoms with Crippen molar-refractivity contribution in [1.29, 1.82) is 0 Å². The maximum Gasteiger partial charge on any atom is 0.442 e. The van der Waals surface area contributed by atoms with E-state index in [0.717, 1.165) is 35.3 Å². The third-order valence-electron chi connectivity index (χ3n) is 4.05. The highest BCUT2D eigenvalue weighted by atomic mass is 32.3. The topological polar surface area (TPSA) is 59.1 Å². The number of nitrogens with zero attached hydrogens (tertiary/aromatic N) is 2. The molecule has 2 aromatic carbocycles. The van der Waals surface area contributed by atoms with Gasteiger partial charge in [0.05, 0.1) is 24.5 Å². The van der Waals surface area contributed by atoms with Crippen LogP contribution in [0.25, 0.3) is 0 Å². The first-order chi connectivity index (χ1) is 11.1. The summed E-state index contributed by atoms with van der Waals surface area (Å²) in [5.74, 6) is 0. The molecule has 2 aliphatic rings. The fourth-order valence-corrected chi connectivity index (χ4v) is 3.78. The van der Waals surface area contributed by atoms with Crippen molar-refractivity contribution in [1.82, 2.24) is 0 Å². The van der Waals surface area contributed by atoms with Crippen LogP contribution in [-0.2, 0) is 31.8 Å². The van der Waals surface area contributed by atoms with Gasteiger partial charge in [0.1, 0.15) is 0 Å². The van der Waals surface area contributed by atoms with Crippen LogP contribution in [0.5, 0.6) is 0 Å². The molecule has 0 spiro atoms. The van der Waals surface area contributed by atoms with Gasteiger partial charge < -0.3 is 0 Å². The van der Waals surface area contributed by atoms with Crippen LogP contribution in [0.3, 0.4) is 0 Å². The van der Waals surface area contributed by atoms with Gasteiger partial charge in [-0.2, -0.15) is 8.42 Å². The van der Waals surface area contributed by atoms with Crippen molar-refractivity contribution in [2.24, 2.45) is 0 Å². The number of rotatable bonds is 4. The van der Waals surface area contributed by atoms with Crippen LogP contribution < -0.4 is 10.1 Å². The zero-order valence-electron chi connectivity index (χ0n) is 12.4. The molecule has 2 aromatic rings. The molecule has 6 nitrogen and oxygen atoms in total. The number of benzene rings is 2. The Morgan fingerprint density at radius 1 is 0.739 bits per heavy atom. The van der Waals surface area contributed by atoms with Gasteiger partial charge in [0.25, 0.3) is 0 Å².